The summed E-state index contributed by atoms with van der Waals surface area (Å²) in [4.78, 5) is 0. The lowest BCUT2D eigenvalue weighted by Gasteiger charge is -2.13. The molecule has 3 aromatic carbocycles. The first kappa shape index (κ1) is 15.6. The van der Waals surface area contributed by atoms with Crippen LogP contribution in [0.3, 0.4) is 0 Å². The van der Waals surface area contributed by atoms with Crippen molar-refractivity contribution in [1.82, 2.24) is 0 Å². The molecular formula is C23H24. The summed E-state index contributed by atoms with van der Waals surface area (Å²) in [5.41, 5.74) is 11.9. The van der Waals surface area contributed by atoms with Crippen molar-refractivity contribution in [3.8, 4) is 22.3 Å². The SMILES string of the molecule is Cc1cc(C)cc(-c2cc(-c3ccc(C)cc3C)ccc2C)c1. The van der Waals surface area contributed by atoms with Crippen LogP contribution in [0.4, 0.5) is 0 Å². The van der Waals surface area contributed by atoms with Gasteiger partial charge in [-0.3, -0.25) is 0 Å². The standard InChI is InChI=1S/C23H24/c1-15-6-9-22(19(5)11-15)20-8-7-18(4)23(14-20)21-12-16(2)10-17(3)13-21/h6-14H,1-5H3. The Morgan fingerprint density at radius 2 is 1.13 bits per heavy atom. The zero-order valence-corrected chi connectivity index (χ0v) is 14.7. The van der Waals surface area contributed by atoms with Crippen molar-refractivity contribution >= 4 is 0 Å². The van der Waals surface area contributed by atoms with Gasteiger partial charge in [0.1, 0.15) is 0 Å². The fourth-order valence-electron chi connectivity index (χ4n) is 3.37. The van der Waals surface area contributed by atoms with Crippen LogP contribution in [0.15, 0.2) is 54.6 Å². The Hall–Kier alpha value is -2.34. The minimum Gasteiger partial charge on any atom is -0.0587 e. The summed E-state index contributed by atoms with van der Waals surface area (Å²) in [6.45, 7) is 10.9. The number of hydrogen-bond acceptors (Lipinski definition) is 0. The van der Waals surface area contributed by atoms with Crippen LogP contribution in [0.25, 0.3) is 22.3 Å². The first-order chi connectivity index (χ1) is 10.9. The average Bonchev–Trinajstić information content (AvgIpc) is 2.47. The summed E-state index contributed by atoms with van der Waals surface area (Å²) < 4.78 is 0. The van der Waals surface area contributed by atoms with Crippen LogP contribution in [0.5, 0.6) is 0 Å². The Morgan fingerprint density at radius 3 is 1.78 bits per heavy atom. The highest BCUT2D eigenvalue weighted by molar-refractivity contribution is 5.77. The monoisotopic (exact) mass is 300 g/mol. The molecular weight excluding hydrogens is 276 g/mol. The van der Waals surface area contributed by atoms with Crippen LogP contribution in [-0.4, -0.2) is 0 Å². The van der Waals surface area contributed by atoms with E-state index in [2.05, 4.69) is 89.2 Å². The zero-order chi connectivity index (χ0) is 16.6. The number of hydrogen-bond donors (Lipinski definition) is 0. The van der Waals surface area contributed by atoms with Gasteiger partial charge in [-0.05, 0) is 74.1 Å². The molecule has 0 saturated heterocycles. The maximum absolute atomic E-state index is 2.33. The van der Waals surface area contributed by atoms with Gasteiger partial charge in [0.25, 0.3) is 0 Å². The van der Waals surface area contributed by atoms with Crippen LogP contribution in [0.1, 0.15) is 27.8 Å². The predicted molar refractivity (Wildman–Crippen MR) is 101 cm³/mol. The minimum absolute atomic E-state index is 1.29. The zero-order valence-electron chi connectivity index (χ0n) is 14.7. The van der Waals surface area contributed by atoms with E-state index in [0.717, 1.165) is 0 Å². The second kappa shape index (κ2) is 6.04. The number of rotatable bonds is 2. The molecule has 0 nitrogen and oxygen atoms in total. The average molecular weight is 300 g/mol. The van der Waals surface area contributed by atoms with Crippen LogP contribution < -0.4 is 0 Å². The molecule has 0 N–H and O–H groups in total. The van der Waals surface area contributed by atoms with Gasteiger partial charge in [0, 0.05) is 0 Å². The van der Waals surface area contributed by atoms with Gasteiger partial charge in [-0.2, -0.15) is 0 Å². The first-order valence-corrected chi connectivity index (χ1v) is 8.21. The van der Waals surface area contributed by atoms with Gasteiger partial charge in [-0.25, -0.2) is 0 Å². The van der Waals surface area contributed by atoms with E-state index in [1.165, 1.54) is 50.1 Å². The summed E-state index contributed by atoms with van der Waals surface area (Å²) in [7, 11) is 0. The van der Waals surface area contributed by atoms with E-state index in [-0.39, 0.29) is 0 Å². The van der Waals surface area contributed by atoms with Gasteiger partial charge >= 0.3 is 0 Å². The van der Waals surface area contributed by atoms with Crippen molar-refractivity contribution in [1.29, 1.82) is 0 Å². The molecule has 0 aliphatic heterocycles. The maximum Gasteiger partial charge on any atom is -0.0148 e. The van der Waals surface area contributed by atoms with Gasteiger partial charge in [-0.1, -0.05) is 65.2 Å². The van der Waals surface area contributed by atoms with E-state index < -0.39 is 0 Å². The van der Waals surface area contributed by atoms with Gasteiger partial charge in [0.2, 0.25) is 0 Å². The third-order valence-electron chi connectivity index (χ3n) is 4.46. The summed E-state index contributed by atoms with van der Waals surface area (Å²) in [5, 5.41) is 0. The number of aryl methyl sites for hydroxylation is 5. The second-order valence-corrected chi connectivity index (χ2v) is 6.72. The lowest BCUT2D eigenvalue weighted by Crippen LogP contribution is -1.90. The molecule has 3 rings (SSSR count). The van der Waals surface area contributed by atoms with E-state index in [1.54, 1.807) is 0 Å². The second-order valence-electron chi connectivity index (χ2n) is 6.72. The highest BCUT2D eigenvalue weighted by Gasteiger charge is 2.08. The smallest absolute Gasteiger partial charge is 0.0148 e. The Kier molecular flexibility index (Phi) is 4.09. The van der Waals surface area contributed by atoms with Crippen molar-refractivity contribution < 1.29 is 0 Å². The quantitative estimate of drug-likeness (QED) is 0.502. The molecule has 0 spiro atoms. The molecule has 0 radical (unpaired) electrons. The largest absolute Gasteiger partial charge is 0.0587 e. The van der Waals surface area contributed by atoms with Crippen LogP contribution in [-0.2, 0) is 0 Å². The molecule has 0 amide bonds. The van der Waals surface area contributed by atoms with Crippen molar-refractivity contribution in [2.75, 3.05) is 0 Å². The molecule has 0 aliphatic carbocycles. The van der Waals surface area contributed by atoms with Crippen LogP contribution >= 0.6 is 0 Å². The van der Waals surface area contributed by atoms with E-state index in [9.17, 15) is 0 Å². The predicted octanol–water partition coefficient (Wildman–Crippen LogP) is 6.56. The molecule has 0 aromatic heterocycles. The molecule has 3 aromatic rings. The molecule has 0 fully saturated rings. The van der Waals surface area contributed by atoms with Crippen molar-refractivity contribution in [2.24, 2.45) is 0 Å². The van der Waals surface area contributed by atoms with Crippen molar-refractivity contribution in [3.05, 3.63) is 82.4 Å². The van der Waals surface area contributed by atoms with Gasteiger partial charge in [-0.15, -0.1) is 0 Å². The molecule has 0 atom stereocenters. The molecule has 0 unspecified atom stereocenters. The maximum atomic E-state index is 2.33. The van der Waals surface area contributed by atoms with Gasteiger partial charge in [0.15, 0.2) is 0 Å². The fourth-order valence-corrected chi connectivity index (χ4v) is 3.37. The van der Waals surface area contributed by atoms with E-state index in [1.807, 2.05) is 0 Å². The van der Waals surface area contributed by atoms with Gasteiger partial charge < -0.3 is 0 Å². The molecule has 0 heterocycles. The summed E-state index contributed by atoms with van der Waals surface area (Å²) >= 11 is 0. The normalized spacial score (nSPS) is 10.8. The van der Waals surface area contributed by atoms with E-state index in [0.29, 0.717) is 0 Å². The van der Waals surface area contributed by atoms with E-state index >= 15 is 0 Å². The third-order valence-corrected chi connectivity index (χ3v) is 4.46. The number of benzene rings is 3. The third kappa shape index (κ3) is 3.22. The topological polar surface area (TPSA) is 0 Å². The lowest BCUT2D eigenvalue weighted by atomic mass is 9.92. The highest BCUT2D eigenvalue weighted by Crippen LogP contribution is 2.32. The molecule has 23 heavy (non-hydrogen) atoms. The summed E-state index contributed by atoms with van der Waals surface area (Å²) in [6.07, 6.45) is 0. The molecule has 116 valence electrons. The van der Waals surface area contributed by atoms with Crippen molar-refractivity contribution in [2.45, 2.75) is 34.6 Å². The van der Waals surface area contributed by atoms with E-state index in [4.69, 9.17) is 0 Å². The highest BCUT2D eigenvalue weighted by atomic mass is 14.1. The fraction of sp³-hybridized carbons (Fsp3) is 0.217. The van der Waals surface area contributed by atoms with Gasteiger partial charge in [0.05, 0.1) is 0 Å². The van der Waals surface area contributed by atoms with Crippen LogP contribution in [0, 0.1) is 34.6 Å². The Labute approximate surface area is 139 Å². The molecule has 0 bridgehead atoms. The van der Waals surface area contributed by atoms with Crippen LogP contribution in [0.2, 0.25) is 0 Å². The molecule has 0 saturated carbocycles. The molecule has 0 heteroatoms. The Balaban J connectivity index is 2.16. The Morgan fingerprint density at radius 1 is 0.435 bits per heavy atom. The first-order valence-electron chi connectivity index (χ1n) is 8.21. The summed E-state index contributed by atoms with van der Waals surface area (Å²) in [5.74, 6) is 0. The Bertz CT molecular complexity index is 849. The van der Waals surface area contributed by atoms with Crippen molar-refractivity contribution in [3.63, 3.8) is 0 Å². The lowest BCUT2D eigenvalue weighted by molar-refractivity contribution is 1.36. The minimum atomic E-state index is 1.29. The summed E-state index contributed by atoms with van der Waals surface area (Å²) in [6, 6.07) is 20.3. The molecule has 0 aliphatic rings.